The number of carbonyl (C=O) groups is 2. The van der Waals surface area contributed by atoms with Gasteiger partial charge < -0.3 is 14.8 Å². The number of hydrogen-bond acceptors (Lipinski definition) is 6. The van der Waals surface area contributed by atoms with Crippen LogP contribution in [0, 0.1) is 0 Å². The minimum atomic E-state index is -0.790. The molecule has 0 saturated heterocycles. The number of para-hydroxylation sites is 1. The molecule has 9 heteroatoms. The van der Waals surface area contributed by atoms with E-state index in [1.54, 1.807) is 56.6 Å². The van der Waals surface area contributed by atoms with Gasteiger partial charge in [0.1, 0.15) is 11.8 Å². The standard InChI is InChI=1S/C24H24ClN3O4S/c1-14(23(29)27-18-7-5-4-6-17(18)25)28-20-12-16(8-9-21(20)32-15(2)24(28)30)19-13-33-22(26-19)10-11-31-3/h4-9,12-15H,10-11H2,1-3H3,(H,27,29). The molecule has 0 aliphatic carbocycles. The fourth-order valence-corrected chi connectivity index (χ4v) is 4.56. The third kappa shape index (κ3) is 4.88. The van der Waals surface area contributed by atoms with E-state index in [-0.39, 0.29) is 11.8 Å². The Bertz CT molecular complexity index is 1180. The Morgan fingerprint density at radius 3 is 2.88 bits per heavy atom. The van der Waals surface area contributed by atoms with Crippen molar-refractivity contribution in [2.45, 2.75) is 32.4 Å². The van der Waals surface area contributed by atoms with Gasteiger partial charge in [0, 0.05) is 24.5 Å². The van der Waals surface area contributed by atoms with Crippen molar-refractivity contribution in [3.63, 3.8) is 0 Å². The molecule has 2 aromatic carbocycles. The number of rotatable bonds is 7. The van der Waals surface area contributed by atoms with E-state index < -0.39 is 12.1 Å². The number of aromatic nitrogens is 1. The Balaban J connectivity index is 1.64. The van der Waals surface area contributed by atoms with Crippen LogP contribution in [-0.2, 0) is 20.7 Å². The number of nitrogens with zero attached hydrogens (tertiary/aromatic N) is 2. The largest absolute Gasteiger partial charge is 0.479 e. The average molecular weight is 486 g/mol. The van der Waals surface area contributed by atoms with E-state index in [1.165, 1.54) is 4.90 Å². The van der Waals surface area contributed by atoms with Crippen LogP contribution in [-0.4, -0.2) is 42.7 Å². The summed E-state index contributed by atoms with van der Waals surface area (Å²) in [7, 11) is 1.66. The highest BCUT2D eigenvalue weighted by atomic mass is 35.5. The summed E-state index contributed by atoms with van der Waals surface area (Å²) in [5, 5.41) is 6.18. The lowest BCUT2D eigenvalue weighted by atomic mass is 10.1. The van der Waals surface area contributed by atoms with Crippen LogP contribution in [0.25, 0.3) is 11.3 Å². The molecule has 172 valence electrons. The number of hydrogen-bond donors (Lipinski definition) is 1. The average Bonchev–Trinajstić information content (AvgIpc) is 3.28. The second kappa shape index (κ2) is 9.91. The molecule has 0 spiro atoms. The van der Waals surface area contributed by atoms with E-state index >= 15 is 0 Å². The Kier molecular flexibility index (Phi) is 6.97. The first-order valence-corrected chi connectivity index (χ1v) is 11.8. The van der Waals surface area contributed by atoms with E-state index in [1.807, 2.05) is 23.6 Å². The summed E-state index contributed by atoms with van der Waals surface area (Å²) in [5.74, 6) is -0.101. The number of ether oxygens (including phenoxy) is 2. The smallest absolute Gasteiger partial charge is 0.268 e. The summed E-state index contributed by atoms with van der Waals surface area (Å²) in [5.41, 5.74) is 2.66. The monoisotopic (exact) mass is 485 g/mol. The van der Waals surface area contributed by atoms with Crippen molar-refractivity contribution >= 4 is 46.1 Å². The molecular formula is C24H24ClN3O4S. The zero-order valence-corrected chi connectivity index (χ0v) is 20.1. The van der Waals surface area contributed by atoms with Crippen LogP contribution in [0.2, 0.25) is 5.02 Å². The summed E-state index contributed by atoms with van der Waals surface area (Å²) in [4.78, 5) is 32.3. The number of amides is 2. The lowest BCUT2D eigenvalue weighted by Crippen LogP contribution is -2.52. The summed E-state index contributed by atoms with van der Waals surface area (Å²) in [6.45, 7) is 3.96. The van der Waals surface area contributed by atoms with Crippen LogP contribution in [0.15, 0.2) is 47.8 Å². The van der Waals surface area contributed by atoms with Crippen LogP contribution >= 0.6 is 22.9 Å². The van der Waals surface area contributed by atoms with Crippen molar-refractivity contribution in [1.29, 1.82) is 0 Å². The maximum absolute atomic E-state index is 13.1. The van der Waals surface area contributed by atoms with Crippen molar-refractivity contribution in [3.05, 3.63) is 57.9 Å². The number of anilines is 2. The maximum Gasteiger partial charge on any atom is 0.268 e. The Labute approximate surface area is 201 Å². The lowest BCUT2D eigenvalue weighted by Gasteiger charge is -2.36. The van der Waals surface area contributed by atoms with Gasteiger partial charge in [-0.15, -0.1) is 11.3 Å². The summed E-state index contributed by atoms with van der Waals surface area (Å²) in [6.07, 6.45) is 0.0233. The molecule has 33 heavy (non-hydrogen) atoms. The predicted octanol–water partition coefficient (Wildman–Crippen LogP) is 4.79. The van der Waals surface area contributed by atoms with E-state index in [0.717, 1.165) is 22.7 Å². The molecule has 0 saturated carbocycles. The Morgan fingerprint density at radius 2 is 2.12 bits per heavy atom. The van der Waals surface area contributed by atoms with Crippen molar-refractivity contribution in [2.75, 3.05) is 23.9 Å². The molecule has 0 bridgehead atoms. The number of halogens is 1. The molecule has 1 aliphatic rings. The molecule has 2 heterocycles. The second-order valence-electron chi connectivity index (χ2n) is 7.67. The summed E-state index contributed by atoms with van der Waals surface area (Å²) in [6, 6.07) is 11.7. The molecule has 0 radical (unpaired) electrons. The van der Waals surface area contributed by atoms with Gasteiger partial charge in [0.15, 0.2) is 6.10 Å². The molecule has 2 amide bonds. The number of benzene rings is 2. The fourth-order valence-electron chi connectivity index (χ4n) is 3.58. The van der Waals surface area contributed by atoms with Crippen LogP contribution in [0.3, 0.4) is 0 Å². The van der Waals surface area contributed by atoms with Gasteiger partial charge in [-0.1, -0.05) is 23.7 Å². The van der Waals surface area contributed by atoms with Gasteiger partial charge in [-0.05, 0) is 44.2 Å². The highest BCUT2D eigenvalue weighted by Crippen LogP contribution is 2.39. The van der Waals surface area contributed by atoms with E-state index in [4.69, 9.17) is 21.1 Å². The van der Waals surface area contributed by atoms with Crippen molar-refractivity contribution in [3.8, 4) is 17.0 Å². The first-order valence-electron chi connectivity index (χ1n) is 10.5. The zero-order chi connectivity index (χ0) is 23.5. The molecule has 0 fully saturated rings. The zero-order valence-electron chi connectivity index (χ0n) is 18.5. The van der Waals surface area contributed by atoms with Crippen LogP contribution in [0.4, 0.5) is 11.4 Å². The van der Waals surface area contributed by atoms with Crippen LogP contribution in [0.5, 0.6) is 5.75 Å². The molecule has 1 N–H and O–H groups in total. The van der Waals surface area contributed by atoms with Gasteiger partial charge in [-0.25, -0.2) is 4.98 Å². The number of fused-ring (bicyclic) bond motifs is 1. The molecule has 2 atom stereocenters. The van der Waals surface area contributed by atoms with E-state index in [0.29, 0.717) is 28.8 Å². The predicted molar refractivity (Wildman–Crippen MR) is 130 cm³/mol. The van der Waals surface area contributed by atoms with E-state index in [2.05, 4.69) is 10.3 Å². The quantitative estimate of drug-likeness (QED) is 0.520. The number of nitrogens with one attached hydrogen (secondary N) is 1. The molecule has 1 aliphatic heterocycles. The summed E-state index contributed by atoms with van der Waals surface area (Å²) < 4.78 is 10.9. The van der Waals surface area contributed by atoms with Crippen LogP contribution < -0.4 is 15.0 Å². The Morgan fingerprint density at radius 1 is 1.33 bits per heavy atom. The number of thiazole rings is 1. The second-order valence-corrected chi connectivity index (χ2v) is 9.02. The normalized spacial score (nSPS) is 16.2. The molecular weight excluding hydrogens is 462 g/mol. The van der Waals surface area contributed by atoms with Crippen LogP contribution in [0.1, 0.15) is 18.9 Å². The highest BCUT2D eigenvalue weighted by molar-refractivity contribution is 7.09. The number of carbonyl (C=O) groups excluding carboxylic acids is 2. The van der Waals surface area contributed by atoms with Crippen molar-refractivity contribution in [2.24, 2.45) is 0 Å². The SMILES string of the molecule is COCCc1nc(-c2ccc3c(c2)N(C(C)C(=O)Nc2ccccc2Cl)C(=O)C(C)O3)cs1. The van der Waals surface area contributed by atoms with Gasteiger partial charge >= 0.3 is 0 Å². The van der Waals surface area contributed by atoms with Gasteiger partial charge in [0.25, 0.3) is 5.91 Å². The molecule has 1 aromatic heterocycles. The highest BCUT2D eigenvalue weighted by Gasteiger charge is 2.37. The molecule has 3 aromatic rings. The van der Waals surface area contributed by atoms with Gasteiger partial charge in [-0.3, -0.25) is 14.5 Å². The van der Waals surface area contributed by atoms with E-state index in [9.17, 15) is 9.59 Å². The minimum Gasteiger partial charge on any atom is -0.479 e. The summed E-state index contributed by atoms with van der Waals surface area (Å²) >= 11 is 7.74. The van der Waals surface area contributed by atoms with Gasteiger partial charge in [-0.2, -0.15) is 0 Å². The molecule has 2 unspecified atom stereocenters. The molecule has 4 rings (SSSR count). The third-order valence-electron chi connectivity index (χ3n) is 5.37. The topological polar surface area (TPSA) is 80.8 Å². The number of methoxy groups -OCH3 is 1. The molecule has 7 nitrogen and oxygen atoms in total. The van der Waals surface area contributed by atoms with Gasteiger partial charge in [0.2, 0.25) is 5.91 Å². The maximum atomic E-state index is 13.1. The van der Waals surface area contributed by atoms with Crippen molar-refractivity contribution in [1.82, 2.24) is 4.98 Å². The minimum absolute atomic E-state index is 0.291. The lowest BCUT2D eigenvalue weighted by molar-refractivity contribution is -0.128. The third-order valence-corrected chi connectivity index (χ3v) is 6.61. The Hall–Kier alpha value is -2.94. The first kappa shape index (κ1) is 23.2. The van der Waals surface area contributed by atoms with Gasteiger partial charge in [0.05, 0.1) is 33.7 Å². The fraction of sp³-hybridized carbons (Fsp3) is 0.292. The van der Waals surface area contributed by atoms with Crippen molar-refractivity contribution < 1.29 is 19.1 Å². The first-order chi connectivity index (χ1) is 15.9.